The summed E-state index contributed by atoms with van der Waals surface area (Å²) in [6, 6.07) is 9.62. The summed E-state index contributed by atoms with van der Waals surface area (Å²) in [7, 11) is 0. The third-order valence-corrected chi connectivity index (χ3v) is 2.75. The lowest BCUT2D eigenvalue weighted by molar-refractivity contribution is -0.141. The molecule has 4 nitrogen and oxygen atoms in total. The molecule has 1 aromatic heterocycles. The fraction of sp³-hybridized carbons (Fsp3) is 0.286. The normalized spacial score (nSPS) is 11.4. The molecule has 0 atom stereocenters. The average Bonchev–Trinajstić information content (AvgIpc) is 2.47. The van der Waals surface area contributed by atoms with Gasteiger partial charge in [0.1, 0.15) is 0 Å². The van der Waals surface area contributed by atoms with Gasteiger partial charge in [-0.3, -0.25) is 0 Å². The lowest BCUT2D eigenvalue weighted by atomic mass is 10.1. The minimum atomic E-state index is -4.52. The SMILES string of the molecule is NCCCNc1nc(-c2ccccc2)cc(C(F)(F)F)n1. The molecule has 0 aliphatic rings. The van der Waals surface area contributed by atoms with E-state index in [4.69, 9.17) is 5.73 Å². The summed E-state index contributed by atoms with van der Waals surface area (Å²) >= 11 is 0. The largest absolute Gasteiger partial charge is 0.433 e. The standard InChI is InChI=1S/C14H15F3N4/c15-14(16,17)12-9-11(10-5-2-1-3-6-10)20-13(21-12)19-8-4-7-18/h1-3,5-6,9H,4,7-8,18H2,(H,19,20,21). The van der Waals surface area contributed by atoms with Crippen molar-refractivity contribution >= 4 is 5.95 Å². The van der Waals surface area contributed by atoms with Crippen LogP contribution in [0.4, 0.5) is 19.1 Å². The van der Waals surface area contributed by atoms with Gasteiger partial charge in [-0.15, -0.1) is 0 Å². The van der Waals surface area contributed by atoms with Crippen LogP contribution in [0.3, 0.4) is 0 Å². The van der Waals surface area contributed by atoms with E-state index in [1.807, 2.05) is 0 Å². The van der Waals surface area contributed by atoms with Gasteiger partial charge in [-0.25, -0.2) is 9.97 Å². The zero-order chi connectivity index (χ0) is 15.3. The molecule has 0 aliphatic carbocycles. The van der Waals surface area contributed by atoms with Crippen LogP contribution in [0, 0.1) is 0 Å². The Morgan fingerprint density at radius 3 is 2.43 bits per heavy atom. The fourth-order valence-corrected chi connectivity index (χ4v) is 1.73. The molecule has 2 aromatic rings. The van der Waals surface area contributed by atoms with E-state index in [9.17, 15) is 13.2 Å². The quantitative estimate of drug-likeness (QED) is 0.833. The maximum Gasteiger partial charge on any atom is 0.433 e. The second-order valence-corrected chi connectivity index (χ2v) is 4.39. The predicted molar refractivity (Wildman–Crippen MR) is 74.6 cm³/mol. The summed E-state index contributed by atoms with van der Waals surface area (Å²) in [5.41, 5.74) is 5.22. The number of anilines is 1. The number of aromatic nitrogens is 2. The number of nitrogens with two attached hydrogens (primary N) is 1. The van der Waals surface area contributed by atoms with E-state index in [2.05, 4.69) is 15.3 Å². The van der Waals surface area contributed by atoms with Gasteiger partial charge in [0.15, 0.2) is 5.69 Å². The lowest BCUT2D eigenvalue weighted by Crippen LogP contribution is -2.14. The van der Waals surface area contributed by atoms with Crippen molar-refractivity contribution in [3.05, 3.63) is 42.1 Å². The van der Waals surface area contributed by atoms with Crippen LogP contribution in [-0.2, 0) is 6.18 Å². The van der Waals surface area contributed by atoms with Gasteiger partial charge < -0.3 is 11.1 Å². The molecule has 0 spiro atoms. The van der Waals surface area contributed by atoms with E-state index >= 15 is 0 Å². The Hall–Kier alpha value is -2.15. The zero-order valence-corrected chi connectivity index (χ0v) is 11.2. The van der Waals surface area contributed by atoms with Gasteiger partial charge in [-0.2, -0.15) is 13.2 Å². The Labute approximate surface area is 120 Å². The van der Waals surface area contributed by atoms with Gasteiger partial charge in [0.05, 0.1) is 5.69 Å². The first kappa shape index (κ1) is 15.2. The highest BCUT2D eigenvalue weighted by Crippen LogP contribution is 2.31. The fourth-order valence-electron chi connectivity index (χ4n) is 1.73. The number of benzene rings is 1. The van der Waals surface area contributed by atoms with Crippen molar-refractivity contribution in [1.29, 1.82) is 0 Å². The Kier molecular flexibility index (Phi) is 4.74. The van der Waals surface area contributed by atoms with Crippen LogP contribution < -0.4 is 11.1 Å². The predicted octanol–water partition coefficient (Wildman–Crippen LogP) is 2.92. The van der Waals surface area contributed by atoms with Gasteiger partial charge in [-0.05, 0) is 19.0 Å². The minimum absolute atomic E-state index is 0.0443. The molecular formula is C14H15F3N4. The molecule has 0 amide bonds. The molecule has 0 unspecified atom stereocenters. The van der Waals surface area contributed by atoms with E-state index in [1.165, 1.54) is 0 Å². The number of nitrogens with one attached hydrogen (secondary N) is 1. The first-order chi connectivity index (χ1) is 10.0. The second kappa shape index (κ2) is 6.53. The number of nitrogens with zero attached hydrogens (tertiary/aromatic N) is 2. The highest BCUT2D eigenvalue weighted by molar-refractivity contribution is 5.60. The van der Waals surface area contributed by atoms with Crippen molar-refractivity contribution in [1.82, 2.24) is 9.97 Å². The van der Waals surface area contributed by atoms with E-state index in [-0.39, 0.29) is 11.6 Å². The summed E-state index contributed by atoms with van der Waals surface area (Å²) in [5, 5.41) is 2.77. The molecule has 0 radical (unpaired) electrons. The van der Waals surface area contributed by atoms with Crippen molar-refractivity contribution in [2.75, 3.05) is 18.4 Å². The van der Waals surface area contributed by atoms with Gasteiger partial charge in [0.2, 0.25) is 5.95 Å². The van der Waals surface area contributed by atoms with Gasteiger partial charge in [0.25, 0.3) is 0 Å². The molecule has 1 aromatic carbocycles. The van der Waals surface area contributed by atoms with Gasteiger partial charge in [-0.1, -0.05) is 30.3 Å². The van der Waals surface area contributed by atoms with Gasteiger partial charge in [0, 0.05) is 12.1 Å². The summed E-state index contributed by atoms with van der Waals surface area (Å²) in [5.74, 6) is -0.0443. The van der Waals surface area contributed by atoms with Crippen LogP contribution in [0.1, 0.15) is 12.1 Å². The lowest BCUT2D eigenvalue weighted by Gasteiger charge is -2.11. The minimum Gasteiger partial charge on any atom is -0.354 e. The number of hydrogen-bond donors (Lipinski definition) is 2. The highest BCUT2D eigenvalue weighted by Gasteiger charge is 2.33. The molecule has 0 bridgehead atoms. The van der Waals surface area contributed by atoms with Gasteiger partial charge >= 0.3 is 6.18 Å². The Balaban J connectivity index is 2.38. The second-order valence-electron chi connectivity index (χ2n) is 4.39. The third kappa shape index (κ3) is 4.16. The van der Waals surface area contributed by atoms with Crippen LogP contribution in [0.15, 0.2) is 36.4 Å². The van der Waals surface area contributed by atoms with E-state index < -0.39 is 11.9 Å². The maximum absolute atomic E-state index is 12.9. The molecule has 0 aliphatic heterocycles. The smallest absolute Gasteiger partial charge is 0.354 e. The van der Waals surface area contributed by atoms with Crippen molar-refractivity contribution < 1.29 is 13.2 Å². The Morgan fingerprint density at radius 1 is 1.10 bits per heavy atom. The third-order valence-electron chi connectivity index (χ3n) is 2.75. The Bertz CT molecular complexity index is 585. The molecule has 0 saturated carbocycles. The first-order valence-electron chi connectivity index (χ1n) is 6.46. The van der Waals surface area contributed by atoms with E-state index in [0.717, 1.165) is 6.07 Å². The van der Waals surface area contributed by atoms with Crippen molar-refractivity contribution in [2.45, 2.75) is 12.6 Å². The molecule has 0 fully saturated rings. The molecule has 7 heteroatoms. The molecule has 112 valence electrons. The summed E-state index contributed by atoms with van der Waals surface area (Å²) in [6.07, 6.45) is -3.89. The highest BCUT2D eigenvalue weighted by atomic mass is 19.4. The van der Waals surface area contributed by atoms with Crippen LogP contribution in [0.2, 0.25) is 0 Å². The maximum atomic E-state index is 12.9. The van der Waals surface area contributed by atoms with Crippen molar-refractivity contribution in [3.63, 3.8) is 0 Å². The summed E-state index contributed by atoms with van der Waals surface area (Å²) in [6.45, 7) is 0.865. The zero-order valence-electron chi connectivity index (χ0n) is 11.2. The molecule has 0 saturated heterocycles. The number of rotatable bonds is 5. The van der Waals surface area contributed by atoms with Crippen LogP contribution in [-0.4, -0.2) is 23.1 Å². The Morgan fingerprint density at radius 2 is 1.81 bits per heavy atom. The topological polar surface area (TPSA) is 63.8 Å². The molecule has 3 N–H and O–H groups in total. The summed E-state index contributed by atoms with van der Waals surface area (Å²) in [4.78, 5) is 7.64. The number of halogens is 3. The van der Waals surface area contributed by atoms with Crippen LogP contribution in [0.5, 0.6) is 0 Å². The van der Waals surface area contributed by atoms with E-state index in [0.29, 0.717) is 25.1 Å². The monoisotopic (exact) mass is 296 g/mol. The van der Waals surface area contributed by atoms with E-state index in [1.54, 1.807) is 30.3 Å². The number of alkyl halides is 3. The first-order valence-corrected chi connectivity index (χ1v) is 6.46. The summed E-state index contributed by atoms with van der Waals surface area (Å²) < 4.78 is 38.7. The van der Waals surface area contributed by atoms with Crippen molar-refractivity contribution in [3.8, 4) is 11.3 Å². The molecule has 21 heavy (non-hydrogen) atoms. The number of hydrogen-bond acceptors (Lipinski definition) is 4. The van der Waals surface area contributed by atoms with Crippen LogP contribution in [0.25, 0.3) is 11.3 Å². The molecule has 1 heterocycles. The van der Waals surface area contributed by atoms with Crippen LogP contribution >= 0.6 is 0 Å². The average molecular weight is 296 g/mol. The molecular weight excluding hydrogens is 281 g/mol. The molecule has 2 rings (SSSR count). The van der Waals surface area contributed by atoms with Crippen molar-refractivity contribution in [2.24, 2.45) is 5.73 Å².